The third-order valence-electron chi connectivity index (χ3n) is 4.04. The van der Waals surface area contributed by atoms with Gasteiger partial charge in [0.15, 0.2) is 28.4 Å². The largest absolute Gasteiger partial charge is 0.462 e. The van der Waals surface area contributed by atoms with E-state index in [-0.39, 0.29) is 23.2 Å². The van der Waals surface area contributed by atoms with E-state index < -0.39 is 40.7 Å². The number of halogens is 4. The second-order valence-electron chi connectivity index (χ2n) is 6.14. The van der Waals surface area contributed by atoms with Crippen molar-refractivity contribution < 1.29 is 31.9 Å². The molecular formula is C19H20F4N2O3S. The van der Waals surface area contributed by atoms with Gasteiger partial charge in [-0.15, -0.1) is 0 Å². The summed E-state index contributed by atoms with van der Waals surface area (Å²) in [7, 11) is 0. The zero-order valence-corrected chi connectivity index (χ0v) is 17.0. The van der Waals surface area contributed by atoms with Crippen LogP contribution >= 0.6 is 11.3 Å². The molecule has 1 aromatic heterocycles. The SMILES string of the molecule is CCCCCN(C(=O)c1cc(F)c(F)c(F)c1F)c1nc(C)c(C(=O)OCC)s1. The van der Waals surface area contributed by atoms with Crippen LogP contribution in [0.2, 0.25) is 0 Å². The van der Waals surface area contributed by atoms with E-state index in [2.05, 4.69) is 4.98 Å². The topological polar surface area (TPSA) is 59.5 Å². The number of amides is 1. The lowest BCUT2D eigenvalue weighted by molar-refractivity contribution is 0.0531. The molecule has 2 rings (SSSR count). The van der Waals surface area contributed by atoms with Crippen molar-refractivity contribution >= 4 is 28.3 Å². The number of carbonyl (C=O) groups is 2. The number of benzene rings is 1. The molecule has 0 spiro atoms. The molecule has 29 heavy (non-hydrogen) atoms. The number of ether oxygens (including phenoxy) is 1. The number of hydrogen-bond donors (Lipinski definition) is 0. The van der Waals surface area contributed by atoms with Crippen molar-refractivity contribution in [2.24, 2.45) is 0 Å². The number of aryl methyl sites for hydroxylation is 1. The van der Waals surface area contributed by atoms with Crippen LogP contribution in [-0.2, 0) is 4.74 Å². The summed E-state index contributed by atoms with van der Waals surface area (Å²) >= 11 is 0.850. The molecule has 0 saturated carbocycles. The minimum atomic E-state index is -2.07. The Kier molecular flexibility index (Phi) is 7.72. The van der Waals surface area contributed by atoms with Crippen molar-refractivity contribution in [2.75, 3.05) is 18.1 Å². The van der Waals surface area contributed by atoms with Gasteiger partial charge in [-0.3, -0.25) is 9.69 Å². The lowest BCUT2D eigenvalue weighted by atomic mass is 10.1. The van der Waals surface area contributed by atoms with Crippen molar-refractivity contribution in [1.29, 1.82) is 0 Å². The lowest BCUT2D eigenvalue weighted by Crippen LogP contribution is -2.33. The Morgan fingerprint density at radius 1 is 1.10 bits per heavy atom. The van der Waals surface area contributed by atoms with E-state index in [9.17, 15) is 27.2 Å². The Morgan fingerprint density at radius 2 is 1.79 bits per heavy atom. The summed E-state index contributed by atoms with van der Waals surface area (Å²) in [6, 6.07) is 0.315. The van der Waals surface area contributed by atoms with Crippen LogP contribution in [0.25, 0.3) is 0 Å². The standard InChI is InChI=1S/C19H20F4N2O3S/c1-4-6-7-8-25(19-24-10(3)16(29-19)18(27)28-5-2)17(26)11-9-12(20)14(22)15(23)13(11)21/h9H,4-8H2,1-3H3. The number of esters is 1. The van der Waals surface area contributed by atoms with Gasteiger partial charge in [0.25, 0.3) is 5.91 Å². The first kappa shape index (κ1) is 22.8. The van der Waals surface area contributed by atoms with Crippen molar-refractivity contribution in [1.82, 2.24) is 4.98 Å². The number of unbranched alkanes of at least 4 members (excludes halogenated alkanes) is 2. The van der Waals surface area contributed by atoms with Crippen LogP contribution in [0.5, 0.6) is 0 Å². The third kappa shape index (κ3) is 4.92. The first-order valence-corrected chi connectivity index (χ1v) is 9.83. The van der Waals surface area contributed by atoms with Crippen molar-refractivity contribution in [3.8, 4) is 0 Å². The molecule has 0 N–H and O–H groups in total. The van der Waals surface area contributed by atoms with E-state index in [1.807, 2.05) is 6.92 Å². The highest BCUT2D eigenvalue weighted by Gasteiger charge is 2.29. The number of carbonyl (C=O) groups excluding carboxylic acids is 2. The van der Waals surface area contributed by atoms with E-state index in [1.54, 1.807) is 13.8 Å². The van der Waals surface area contributed by atoms with Gasteiger partial charge in [-0.2, -0.15) is 0 Å². The van der Waals surface area contributed by atoms with Gasteiger partial charge >= 0.3 is 5.97 Å². The summed E-state index contributed by atoms with van der Waals surface area (Å²) < 4.78 is 59.5. The van der Waals surface area contributed by atoms with E-state index >= 15 is 0 Å². The van der Waals surface area contributed by atoms with Gasteiger partial charge in [0.1, 0.15) is 4.88 Å². The number of hydrogen-bond acceptors (Lipinski definition) is 5. The molecule has 0 saturated heterocycles. The number of nitrogens with zero attached hydrogens (tertiary/aromatic N) is 2. The van der Waals surface area contributed by atoms with Crippen LogP contribution in [0.4, 0.5) is 22.7 Å². The predicted molar refractivity (Wildman–Crippen MR) is 100 cm³/mol. The van der Waals surface area contributed by atoms with Crippen LogP contribution in [0.1, 0.15) is 58.8 Å². The number of anilines is 1. The van der Waals surface area contributed by atoms with Gasteiger partial charge in [0, 0.05) is 6.54 Å². The molecule has 0 aliphatic carbocycles. The smallest absolute Gasteiger partial charge is 0.350 e. The van der Waals surface area contributed by atoms with Gasteiger partial charge in [-0.1, -0.05) is 31.1 Å². The summed E-state index contributed by atoms with van der Waals surface area (Å²) in [5.74, 6) is -9.23. The minimum absolute atomic E-state index is 0.0520. The Bertz CT molecular complexity index is 917. The van der Waals surface area contributed by atoms with Gasteiger partial charge in [0.2, 0.25) is 0 Å². The maximum atomic E-state index is 14.2. The Morgan fingerprint density at radius 3 is 2.41 bits per heavy atom. The summed E-state index contributed by atoms with van der Waals surface area (Å²) in [5.41, 5.74) is -0.655. The summed E-state index contributed by atoms with van der Waals surface area (Å²) in [6.07, 6.45) is 2.05. The molecule has 158 valence electrons. The fourth-order valence-electron chi connectivity index (χ4n) is 2.56. The highest BCUT2D eigenvalue weighted by atomic mass is 32.1. The van der Waals surface area contributed by atoms with Crippen molar-refractivity contribution in [3.63, 3.8) is 0 Å². The highest BCUT2D eigenvalue weighted by molar-refractivity contribution is 7.17. The van der Waals surface area contributed by atoms with Crippen LogP contribution in [0.3, 0.4) is 0 Å². The average molecular weight is 432 g/mol. The molecule has 1 heterocycles. The highest BCUT2D eigenvalue weighted by Crippen LogP contribution is 2.30. The summed E-state index contributed by atoms with van der Waals surface area (Å²) in [4.78, 5) is 30.3. The maximum absolute atomic E-state index is 14.2. The third-order valence-corrected chi connectivity index (χ3v) is 5.20. The van der Waals surface area contributed by atoms with E-state index in [1.165, 1.54) is 0 Å². The van der Waals surface area contributed by atoms with Crippen LogP contribution in [-0.4, -0.2) is 30.0 Å². The monoisotopic (exact) mass is 432 g/mol. The molecule has 1 aromatic carbocycles. The van der Waals surface area contributed by atoms with E-state index in [0.717, 1.165) is 29.1 Å². The second kappa shape index (κ2) is 9.82. The Labute approximate surface area is 169 Å². The molecule has 10 heteroatoms. The molecule has 1 amide bonds. The quantitative estimate of drug-likeness (QED) is 0.193. The second-order valence-corrected chi connectivity index (χ2v) is 7.12. The normalized spacial score (nSPS) is 10.9. The fourth-order valence-corrected chi connectivity index (χ4v) is 3.55. The van der Waals surface area contributed by atoms with Crippen LogP contribution in [0, 0.1) is 30.2 Å². The summed E-state index contributed by atoms with van der Waals surface area (Å²) in [6.45, 7) is 5.32. The molecule has 0 aliphatic heterocycles. The first-order chi connectivity index (χ1) is 13.7. The lowest BCUT2D eigenvalue weighted by Gasteiger charge is -2.20. The van der Waals surface area contributed by atoms with E-state index in [0.29, 0.717) is 18.2 Å². The molecule has 5 nitrogen and oxygen atoms in total. The van der Waals surface area contributed by atoms with Crippen LogP contribution < -0.4 is 4.90 Å². The minimum Gasteiger partial charge on any atom is -0.462 e. The molecule has 0 unspecified atom stereocenters. The zero-order valence-electron chi connectivity index (χ0n) is 16.2. The molecule has 0 fully saturated rings. The molecule has 0 radical (unpaired) electrons. The molecule has 0 aliphatic rings. The molecule has 0 bridgehead atoms. The zero-order chi connectivity index (χ0) is 21.7. The van der Waals surface area contributed by atoms with Crippen molar-refractivity contribution in [2.45, 2.75) is 40.0 Å². The van der Waals surface area contributed by atoms with Crippen molar-refractivity contribution in [3.05, 3.63) is 45.5 Å². The molecule has 0 atom stereocenters. The Balaban J connectivity index is 2.48. The Hall–Kier alpha value is -2.49. The number of aromatic nitrogens is 1. The predicted octanol–water partition coefficient (Wildman–Crippen LogP) is 5.02. The van der Waals surface area contributed by atoms with Gasteiger partial charge in [-0.25, -0.2) is 27.3 Å². The summed E-state index contributed by atoms with van der Waals surface area (Å²) in [5, 5.41) is 0.0520. The fraction of sp³-hybridized carbons (Fsp3) is 0.421. The average Bonchev–Trinajstić information content (AvgIpc) is 3.07. The maximum Gasteiger partial charge on any atom is 0.350 e. The van der Waals surface area contributed by atoms with Gasteiger partial charge in [0.05, 0.1) is 17.9 Å². The number of rotatable bonds is 8. The van der Waals surface area contributed by atoms with Crippen LogP contribution in [0.15, 0.2) is 6.07 Å². The number of thiazole rings is 1. The molecular weight excluding hydrogens is 412 g/mol. The van der Waals surface area contributed by atoms with E-state index in [4.69, 9.17) is 4.74 Å². The molecule has 2 aromatic rings. The van der Waals surface area contributed by atoms with Gasteiger partial charge < -0.3 is 4.74 Å². The first-order valence-electron chi connectivity index (χ1n) is 9.02. The van der Waals surface area contributed by atoms with Gasteiger partial charge in [-0.05, 0) is 26.3 Å².